The summed E-state index contributed by atoms with van der Waals surface area (Å²) < 4.78 is 15.0. The Balaban J connectivity index is 2.36. The first-order valence-electron chi connectivity index (χ1n) is 6.40. The van der Waals surface area contributed by atoms with E-state index in [1.807, 2.05) is 0 Å². The number of rotatable bonds is 5. The zero-order chi connectivity index (χ0) is 15.2. The zero-order valence-corrected chi connectivity index (χ0v) is 12.2. The second-order valence-corrected chi connectivity index (χ2v) is 5.03. The van der Waals surface area contributed by atoms with Crippen LogP contribution in [0.25, 0.3) is 0 Å². The van der Waals surface area contributed by atoms with Gasteiger partial charge in [0.25, 0.3) is 0 Å². The minimum Gasteiger partial charge on any atom is -0.461 e. The van der Waals surface area contributed by atoms with Gasteiger partial charge in [-0.2, -0.15) is 0 Å². The number of hydrogen-bond donors (Lipinski definition) is 1. The number of alkyl carbamates (subject to hydrolysis) is 1. The quantitative estimate of drug-likeness (QED) is 0.831. The number of aromatic nitrogens is 1. The number of hydrogen-bond acceptors (Lipinski definition) is 6. The summed E-state index contributed by atoms with van der Waals surface area (Å²) in [4.78, 5) is 26.7. The number of nitrogens with one attached hydrogen (secondary N) is 1. The van der Waals surface area contributed by atoms with Gasteiger partial charge >= 0.3 is 12.1 Å². The molecule has 1 N–H and O–H groups in total. The van der Waals surface area contributed by atoms with Crippen LogP contribution in [0.1, 0.15) is 44.1 Å². The average molecular weight is 284 g/mol. The molecule has 0 unspecified atom stereocenters. The first-order chi connectivity index (χ1) is 9.31. The average Bonchev–Trinajstić information content (AvgIpc) is 2.75. The predicted octanol–water partition coefficient (Wildman–Crippen LogP) is 1.92. The molecule has 0 fully saturated rings. The fourth-order valence-electron chi connectivity index (χ4n) is 1.31. The van der Waals surface area contributed by atoms with Gasteiger partial charge in [0.1, 0.15) is 11.9 Å². The molecule has 0 radical (unpaired) electrons. The minimum atomic E-state index is -0.538. The van der Waals surface area contributed by atoms with Crippen molar-refractivity contribution in [3.05, 3.63) is 17.8 Å². The summed E-state index contributed by atoms with van der Waals surface area (Å²) in [5.74, 6) is -0.174. The molecule has 7 heteroatoms. The molecule has 7 nitrogen and oxygen atoms in total. The van der Waals surface area contributed by atoms with Crippen molar-refractivity contribution in [1.82, 2.24) is 10.3 Å². The summed E-state index contributed by atoms with van der Waals surface area (Å²) in [6.45, 7) is 7.65. The number of amides is 1. The Labute approximate surface area is 117 Å². The summed E-state index contributed by atoms with van der Waals surface area (Å²) in [6, 6.07) is 0. The molecule has 112 valence electrons. The van der Waals surface area contributed by atoms with Gasteiger partial charge < -0.3 is 19.2 Å². The van der Waals surface area contributed by atoms with E-state index in [1.165, 1.54) is 6.26 Å². The number of nitrogens with zero attached hydrogens (tertiary/aromatic N) is 1. The van der Waals surface area contributed by atoms with Crippen molar-refractivity contribution in [3.63, 3.8) is 0 Å². The number of carbonyl (C=O) groups is 2. The van der Waals surface area contributed by atoms with E-state index in [0.29, 0.717) is 18.9 Å². The van der Waals surface area contributed by atoms with Gasteiger partial charge in [-0.05, 0) is 27.7 Å². The highest BCUT2D eigenvalue weighted by Crippen LogP contribution is 2.07. The SMILES string of the molecule is CCOC(=O)c1coc(CCNC(=O)OC(C)(C)C)n1. The van der Waals surface area contributed by atoms with E-state index in [1.54, 1.807) is 27.7 Å². The zero-order valence-electron chi connectivity index (χ0n) is 12.2. The van der Waals surface area contributed by atoms with Crippen LogP contribution in [-0.2, 0) is 15.9 Å². The molecule has 0 bridgehead atoms. The fourth-order valence-corrected chi connectivity index (χ4v) is 1.31. The summed E-state index contributed by atoms with van der Waals surface area (Å²) in [5.41, 5.74) is -0.413. The topological polar surface area (TPSA) is 90.7 Å². The second kappa shape index (κ2) is 6.93. The Morgan fingerprint density at radius 2 is 2.10 bits per heavy atom. The van der Waals surface area contributed by atoms with Gasteiger partial charge in [-0.3, -0.25) is 0 Å². The van der Waals surface area contributed by atoms with Crippen molar-refractivity contribution in [2.75, 3.05) is 13.2 Å². The van der Waals surface area contributed by atoms with Gasteiger partial charge in [-0.15, -0.1) is 0 Å². The van der Waals surface area contributed by atoms with E-state index in [4.69, 9.17) is 13.9 Å². The largest absolute Gasteiger partial charge is 0.461 e. The number of carbonyl (C=O) groups excluding carboxylic acids is 2. The smallest absolute Gasteiger partial charge is 0.407 e. The summed E-state index contributed by atoms with van der Waals surface area (Å²) in [6.07, 6.45) is 1.09. The summed E-state index contributed by atoms with van der Waals surface area (Å²) in [5, 5.41) is 2.57. The van der Waals surface area contributed by atoms with E-state index in [9.17, 15) is 9.59 Å². The van der Waals surface area contributed by atoms with Crippen molar-refractivity contribution in [1.29, 1.82) is 0 Å². The predicted molar refractivity (Wildman–Crippen MR) is 70.4 cm³/mol. The Hall–Kier alpha value is -2.05. The van der Waals surface area contributed by atoms with Crippen LogP contribution in [-0.4, -0.2) is 35.8 Å². The summed E-state index contributed by atoms with van der Waals surface area (Å²) >= 11 is 0. The van der Waals surface area contributed by atoms with Crippen LogP contribution in [0, 0.1) is 0 Å². The van der Waals surface area contributed by atoms with Crippen molar-refractivity contribution < 1.29 is 23.5 Å². The molecular weight excluding hydrogens is 264 g/mol. The van der Waals surface area contributed by atoms with Crippen molar-refractivity contribution >= 4 is 12.1 Å². The van der Waals surface area contributed by atoms with Crippen molar-refractivity contribution in [3.8, 4) is 0 Å². The minimum absolute atomic E-state index is 0.124. The normalized spacial score (nSPS) is 11.0. The molecular formula is C13H20N2O5. The molecule has 0 aliphatic carbocycles. The molecule has 0 spiro atoms. The molecule has 20 heavy (non-hydrogen) atoms. The third kappa shape index (κ3) is 5.73. The van der Waals surface area contributed by atoms with E-state index in [-0.39, 0.29) is 12.3 Å². The van der Waals surface area contributed by atoms with Crippen LogP contribution in [0.4, 0.5) is 4.79 Å². The standard InChI is InChI=1S/C13H20N2O5/c1-5-18-11(16)9-8-19-10(15-9)6-7-14-12(17)20-13(2,3)4/h8H,5-7H2,1-4H3,(H,14,17). The van der Waals surface area contributed by atoms with Crippen LogP contribution >= 0.6 is 0 Å². The Kier molecular flexibility index (Phi) is 5.54. The van der Waals surface area contributed by atoms with Gasteiger partial charge in [0.15, 0.2) is 11.6 Å². The molecule has 1 aromatic heterocycles. The Morgan fingerprint density at radius 1 is 1.40 bits per heavy atom. The van der Waals surface area contributed by atoms with E-state index < -0.39 is 17.7 Å². The maximum Gasteiger partial charge on any atom is 0.407 e. The lowest BCUT2D eigenvalue weighted by Gasteiger charge is -2.19. The molecule has 1 amide bonds. The fraction of sp³-hybridized carbons (Fsp3) is 0.615. The number of oxazole rings is 1. The van der Waals surface area contributed by atoms with Gasteiger partial charge in [0.2, 0.25) is 0 Å². The highest BCUT2D eigenvalue weighted by atomic mass is 16.6. The third-order valence-electron chi connectivity index (χ3n) is 2.04. The van der Waals surface area contributed by atoms with Crippen LogP contribution < -0.4 is 5.32 Å². The molecule has 1 aromatic rings. The first kappa shape index (κ1) is 16.0. The van der Waals surface area contributed by atoms with E-state index in [0.717, 1.165) is 0 Å². The van der Waals surface area contributed by atoms with Gasteiger partial charge in [0, 0.05) is 13.0 Å². The van der Waals surface area contributed by atoms with E-state index >= 15 is 0 Å². The molecule has 0 saturated heterocycles. The van der Waals surface area contributed by atoms with Gasteiger partial charge in [0.05, 0.1) is 6.61 Å². The molecule has 1 heterocycles. The highest BCUT2D eigenvalue weighted by Gasteiger charge is 2.16. The summed E-state index contributed by atoms with van der Waals surface area (Å²) in [7, 11) is 0. The maximum atomic E-state index is 11.4. The molecule has 1 rings (SSSR count). The Morgan fingerprint density at radius 3 is 2.70 bits per heavy atom. The number of ether oxygens (including phenoxy) is 2. The first-order valence-corrected chi connectivity index (χ1v) is 6.40. The van der Waals surface area contributed by atoms with Crippen molar-refractivity contribution in [2.24, 2.45) is 0 Å². The molecule has 0 aliphatic rings. The van der Waals surface area contributed by atoms with Gasteiger partial charge in [-0.1, -0.05) is 0 Å². The van der Waals surface area contributed by atoms with Crippen LogP contribution in [0.2, 0.25) is 0 Å². The van der Waals surface area contributed by atoms with E-state index in [2.05, 4.69) is 10.3 Å². The van der Waals surface area contributed by atoms with Crippen LogP contribution in [0.15, 0.2) is 10.7 Å². The lowest BCUT2D eigenvalue weighted by atomic mass is 10.2. The van der Waals surface area contributed by atoms with Crippen LogP contribution in [0.5, 0.6) is 0 Å². The Bertz CT molecular complexity index is 462. The molecule has 0 aromatic carbocycles. The molecule has 0 atom stereocenters. The molecule has 0 aliphatic heterocycles. The lowest BCUT2D eigenvalue weighted by molar-refractivity contribution is 0.0511. The second-order valence-electron chi connectivity index (χ2n) is 5.03. The van der Waals surface area contributed by atoms with Gasteiger partial charge in [-0.25, -0.2) is 14.6 Å². The maximum absolute atomic E-state index is 11.4. The van der Waals surface area contributed by atoms with Crippen LogP contribution in [0.3, 0.4) is 0 Å². The molecule has 0 saturated carbocycles. The third-order valence-corrected chi connectivity index (χ3v) is 2.04. The van der Waals surface area contributed by atoms with Crippen molar-refractivity contribution in [2.45, 2.75) is 39.7 Å². The lowest BCUT2D eigenvalue weighted by Crippen LogP contribution is -2.33. The number of esters is 1. The monoisotopic (exact) mass is 284 g/mol. The highest BCUT2D eigenvalue weighted by molar-refractivity contribution is 5.86.